The Labute approximate surface area is 169 Å². The Morgan fingerprint density at radius 1 is 0.966 bits per heavy atom. The van der Waals surface area contributed by atoms with Crippen LogP contribution < -0.4 is 20.7 Å². The first-order valence-corrected chi connectivity index (χ1v) is 9.54. The average Bonchev–Trinajstić information content (AvgIpc) is 3.50. The van der Waals surface area contributed by atoms with Gasteiger partial charge in [0.25, 0.3) is 0 Å². The van der Waals surface area contributed by atoms with E-state index in [9.17, 15) is 14.4 Å². The molecule has 1 aliphatic rings. The highest BCUT2D eigenvalue weighted by molar-refractivity contribution is 6.13. The van der Waals surface area contributed by atoms with Crippen molar-refractivity contribution in [1.29, 1.82) is 0 Å². The quantitative estimate of drug-likeness (QED) is 0.599. The monoisotopic (exact) mass is 395 g/mol. The maximum absolute atomic E-state index is 12.7. The lowest BCUT2D eigenvalue weighted by atomic mass is 10.0. The van der Waals surface area contributed by atoms with Crippen molar-refractivity contribution >= 4 is 29.1 Å². The molecule has 0 spiro atoms. The van der Waals surface area contributed by atoms with E-state index in [2.05, 4.69) is 16.0 Å². The van der Waals surface area contributed by atoms with Crippen LogP contribution in [0.2, 0.25) is 0 Å². The maximum Gasteiger partial charge on any atom is 0.240 e. The number of hydrogen-bond donors (Lipinski definition) is 3. The summed E-state index contributed by atoms with van der Waals surface area (Å²) in [6.45, 7) is 1.84. The third-order valence-corrected chi connectivity index (χ3v) is 4.93. The van der Waals surface area contributed by atoms with Gasteiger partial charge in [0.15, 0.2) is 0 Å². The number of amides is 3. The molecule has 0 saturated heterocycles. The number of para-hydroxylation sites is 1. The number of nitrogens with one attached hydrogen (secondary N) is 3. The highest BCUT2D eigenvalue weighted by Gasteiger charge is 2.56. The van der Waals surface area contributed by atoms with E-state index in [-0.39, 0.29) is 17.7 Å². The molecule has 3 amide bonds. The summed E-state index contributed by atoms with van der Waals surface area (Å²) >= 11 is 0. The minimum atomic E-state index is -1.02. The zero-order valence-electron chi connectivity index (χ0n) is 16.6. The van der Waals surface area contributed by atoms with Crippen LogP contribution in [0.25, 0.3) is 0 Å². The first-order chi connectivity index (χ1) is 13.9. The molecule has 0 bridgehead atoms. The molecule has 1 saturated carbocycles. The summed E-state index contributed by atoms with van der Waals surface area (Å²) in [4.78, 5) is 36.6. The maximum atomic E-state index is 12.7. The van der Waals surface area contributed by atoms with Gasteiger partial charge in [0.05, 0.1) is 7.11 Å². The average molecular weight is 395 g/mol. The molecule has 2 aromatic rings. The number of benzene rings is 2. The minimum absolute atomic E-state index is 0.193. The molecule has 0 radical (unpaired) electrons. The van der Waals surface area contributed by atoms with E-state index in [0.29, 0.717) is 37.2 Å². The number of hydrogen-bond acceptors (Lipinski definition) is 4. The van der Waals surface area contributed by atoms with Crippen molar-refractivity contribution in [1.82, 2.24) is 5.32 Å². The van der Waals surface area contributed by atoms with E-state index in [4.69, 9.17) is 4.74 Å². The molecule has 1 aliphatic carbocycles. The minimum Gasteiger partial charge on any atom is -0.496 e. The van der Waals surface area contributed by atoms with Crippen molar-refractivity contribution in [2.45, 2.75) is 26.2 Å². The SMILES string of the molecule is COc1ccccc1CCNC(=O)C1(C(=O)Nc2cccc(NC(C)=O)c2)CC1. The number of methoxy groups -OCH3 is 1. The van der Waals surface area contributed by atoms with Crippen LogP contribution in [0.5, 0.6) is 5.75 Å². The largest absolute Gasteiger partial charge is 0.496 e. The second kappa shape index (κ2) is 8.77. The first-order valence-electron chi connectivity index (χ1n) is 9.54. The van der Waals surface area contributed by atoms with Gasteiger partial charge in [-0.3, -0.25) is 14.4 Å². The van der Waals surface area contributed by atoms with Gasteiger partial charge in [-0.15, -0.1) is 0 Å². The summed E-state index contributed by atoms with van der Waals surface area (Å²) in [6.07, 6.45) is 1.65. The summed E-state index contributed by atoms with van der Waals surface area (Å²) in [5, 5.41) is 8.34. The van der Waals surface area contributed by atoms with Gasteiger partial charge in [0, 0.05) is 24.8 Å². The highest BCUT2D eigenvalue weighted by atomic mass is 16.5. The van der Waals surface area contributed by atoms with Crippen LogP contribution >= 0.6 is 0 Å². The van der Waals surface area contributed by atoms with Gasteiger partial charge >= 0.3 is 0 Å². The van der Waals surface area contributed by atoms with Crippen molar-refractivity contribution in [3.63, 3.8) is 0 Å². The van der Waals surface area contributed by atoms with Gasteiger partial charge in [-0.2, -0.15) is 0 Å². The van der Waals surface area contributed by atoms with E-state index in [1.807, 2.05) is 24.3 Å². The first kappa shape index (κ1) is 20.4. The van der Waals surface area contributed by atoms with Crippen LogP contribution in [0, 0.1) is 5.41 Å². The topological polar surface area (TPSA) is 96.5 Å². The molecule has 7 nitrogen and oxygen atoms in total. The number of anilines is 2. The Bertz CT molecular complexity index is 922. The van der Waals surface area contributed by atoms with Crippen molar-refractivity contribution in [3.8, 4) is 5.75 Å². The van der Waals surface area contributed by atoms with Gasteiger partial charge < -0.3 is 20.7 Å². The molecule has 2 aromatic carbocycles. The lowest BCUT2D eigenvalue weighted by Crippen LogP contribution is -2.40. The summed E-state index contributed by atoms with van der Waals surface area (Å²) in [5.41, 5.74) is 1.10. The molecule has 7 heteroatoms. The number of rotatable bonds is 8. The lowest BCUT2D eigenvalue weighted by Gasteiger charge is -2.16. The Morgan fingerprint density at radius 2 is 1.66 bits per heavy atom. The second-order valence-corrected chi connectivity index (χ2v) is 7.12. The highest BCUT2D eigenvalue weighted by Crippen LogP contribution is 2.46. The molecule has 3 rings (SSSR count). The predicted molar refractivity (Wildman–Crippen MR) is 111 cm³/mol. The van der Waals surface area contributed by atoms with Gasteiger partial charge in [-0.05, 0) is 49.1 Å². The van der Waals surface area contributed by atoms with Crippen molar-refractivity contribution in [3.05, 3.63) is 54.1 Å². The van der Waals surface area contributed by atoms with Crippen molar-refractivity contribution in [2.24, 2.45) is 5.41 Å². The summed E-state index contributed by atoms with van der Waals surface area (Å²) in [6, 6.07) is 14.5. The standard InChI is InChI=1S/C22H25N3O4/c1-15(26)24-17-7-5-8-18(14-17)25-21(28)22(11-12-22)20(27)23-13-10-16-6-3-4-9-19(16)29-2/h3-9,14H,10-13H2,1-2H3,(H,23,27)(H,24,26)(H,25,28). The number of carbonyl (C=O) groups excluding carboxylic acids is 3. The van der Waals surface area contributed by atoms with Crippen LogP contribution in [0.3, 0.4) is 0 Å². The normalized spacial score (nSPS) is 13.9. The molecule has 0 unspecified atom stereocenters. The molecule has 29 heavy (non-hydrogen) atoms. The fourth-order valence-electron chi connectivity index (χ4n) is 3.20. The predicted octanol–water partition coefficient (Wildman–Crippen LogP) is 2.73. The lowest BCUT2D eigenvalue weighted by molar-refractivity contribution is -0.134. The zero-order chi connectivity index (χ0) is 20.9. The van der Waals surface area contributed by atoms with Crippen LogP contribution in [0.4, 0.5) is 11.4 Å². The number of ether oxygens (including phenoxy) is 1. The third-order valence-electron chi connectivity index (χ3n) is 4.93. The molecule has 0 aliphatic heterocycles. The van der Waals surface area contributed by atoms with E-state index < -0.39 is 5.41 Å². The Balaban J connectivity index is 1.57. The smallest absolute Gasteiger partial charge is 0.240 e. The van der Waals surface area contributed by atoms with E-state index in [1.165, 1.54) is 6.92 Å². The molecule has 3 N–H and O–H groups in total. The third kappa shape index (κ3) is 4.93. The molecule has 0 atom stereocenters. The van der Waals surface area contributed by atoms with E-state index in [1.54, 1.807) is 31.4 Å². The van der Waals surface area contributed by atoms with Crippen LogP contribution in [0.15, 0.2) is 48.5 Å². The van der Waals surface area contributed by atoms with Crippen LogP contribution in [-0.2, 0) is 20.8 Å². The Morgan fingerprint density at radius 3 is 2.31 bits per heavy atom. The number of carbonyl (C=O) groups is 3. The summed E-state index contributed by atoms with van der Waals surface area (Å²) in [5.74, 6) is -0.00331. The molecular formula is C22H25N3O4. The Hall–Kier alpha value is -3.35. The molecule has 152 valence electrons. The zero-order valence-corrected chi connectivity index (χ0v) is 16.6. The fraction of sp³-hybridized carbons (Fsp3) is 0.318. The molecule has 0 heterocycles. The second-order valence-electron chi connectivity index (χ2n) is 7.12. The van der Waals surface area contributed by atoms with Crippen LogP contribution in [0.1, 0.15) is 25.3 Å². The van der Waals surface area contributed by atoms with Gasteiger partial charge in [-0.1, -0.05) is 24.3 Å². The van der Waals surface area contributed by atoms with Gasteiger partial charge in [-0.25, -0.2) is 0 Å². The van der Waals surface area contributed by atoms with Crippen molar-refractivity contribution in [2.75, 3.05) is 24.3 Å². The van der Waals surface area contributed by atoms with E-state index in [0.717, 1.165) is 11.3 Å². The Kier molecular flexibility index (Phi) is 6.16. The summed E-state index contributed by atoms with van der Waals surface area (Å²) in [7, 11) is 1.61. The van der Waals surface area contributed by atoms with E-state index >= 15 is 0 Å². The molecular weight excluding hydrogens is 370 g/mol. The molecule has 1 fully saturated rings. The van der Waals surface area contributed by atoms with Gasteiger partial charge in [0.1, 0.15) is 11.2 Å². The summed E-state index contributed by atoms with van der Waals surface area (Å²) < 4.78 is 5.32. The molecule has 0 aromatic heterocycles. The van der Waals surface area contributed by atoms with Crippen LogP contribution in [-0.4, -0.2) is 31.4 Å². The van der Waals surface area contributed by atoms with Gasteiger partial charge in [0.2, 0.25) is 17.7 Å². The fourth-order valence-corrected chi connectivity index (χ4v) is 3.20. The van der Waals surface area contributed by atoms with Crippen molar-refractivity contribution < 1.29 is 19.1 Å².